The highest BCUT2D eigenvalue weighted by atomic mass is 32.2. The number of benzene rings is 2. The number of fused-ring (bicyclic) bond motifs is 2. The Hall–Kier alpha value is -2.87. The van der Waals surface area contributed by atoms with Crippen LogP contribution in [0.3, 0.4) is 0 Å². The Morgan fingerprint density at radius 3 is 2.68 bits per heavy atom. The molecule has 7 nitrogen and oxygen atoms in total. The van der Waals surface area contributed by atoms with E-state index in [1.165, 1.54) is 12.1 Å². The number of oxazole rings is 1. The maximum atomic E-state index is 12.4. The fourth-order valence-corrected chi connectivity index (χ4v) is 3.27. The van der Waals surface area contributed by atoms with Crippen LogP contribution < -0.4 is 9.47 Å². The lowest BCUT2D eigenvalue weighted by Crippen LogP contribution is -2.00. The third kappa shape index (κ3) is 3.20. The molecule has 8 heteroatoms. The highest BCUT2D eigenvalue weighted by Gasteiger charge is 2.18. The summed E-state index contributed by atoms with van der Waals surface area (Å²) in [4.78, 5) is 4.18. The first-order chi connectivity index (χ1) is 12.1. The molecule has 3 aromatic rings. The molecule has 0 N–H and O–H groups in total. The zero-order valence-corrected chi connectivity index (χ0v) is 13.9. The third-order valence-electron chi connectivity index (χ3n) is 3.63. The summed E-state index contributed by atoms with van der Waals surface area (Å²) in [6, 6.07) is 11.6. The van der Waals surface area contributed by atoms with Crippen LogP contribution in [0.2, 0.25) is 0 Å². The first kappa shape index (κ1) is 15.6. The molecule has 1 aliphatic rings. The van der Waals surface area contributed by atoms with E-state index in [1.54, 1.807) is 18.2 Å². The number of para-hydroxylation sites is 2. The van der Waals surface area contributed by atoms with Crippen molar-refractivity contribution in [2.45, 2.75) is 11.3 Å². The monoisotopic (exact) mass is 358 g/mol. The van der Waals surface area contributed by atoms with Gasteiger partial charge in [-0.1, -0.05) is 12.1 Å². The van der Waals surface area contributed by atoms with Crippen LogP contribution in [0.25, 0.3) is 11.1 Å². The molecule has 0 saturated carbocycles. The Balaban J connectivity index is 1.64. The minimum atomic E-state index is -3.91. The summed E-state index contributed by atoms with van der Waals surface area (Å²) in [5.74, 6) is 1.05. The van der Waals surface area contributed by atoms with Crippen molar-refractivity contribution in [1.29, 1.82) is 0 Å². The molecular weight excluding hydrogens is 344 g/mol. The van der Waals surface area contributed by atoms with Gasteiger partial charge in [-0.3, -0.25) is 0 Å². The summed E-state index contributed by atoms with van der Waals surface area (Å²) in [6.45, 7) is 1.01. The van der Waals surface area contributed by atoms with Crippen molar-refractivity contribution in [2.24, 2.45) is 4.40 Å². The van der Waals surface area contributed by atoms with Crippen LogP contribution in [0.1, 0.15) is 12.3 Å². The molecular formula is C17H14N2O5S. The van der Waals surface area contributed by atoms with Crippen molar-refractivity contribution in [2.75, 3.05) is 13.2 Å². The van der Waals surface area contributed by atoms with E-state index in [0.29, 0.717) is 35.8 Å². The topological polar surface area (TPSA) is 91.0 Å². The highest BCUT2D eigenvalue weighted by molar-refractivity contribution is 7.90. The lowest BCUT2D eigenvalue weighted by molar-refractivity contribution is 0.297. The quantitative estimate of drug-likeness (QED) is 0.669. The van der Waals surface area contributed by atoms with Gasteiger partial charge in [0, 0.05) is 12.5 Å². The molecule has 4 rings (SSSR count). The molecule has 0 unspecified atom stereocenters. The predicted molar refractivity (Wildman–Crippen MR) is 90.8 cm³/mol. The molecule has 0 aliphatic carbocycles. The van der Waals surface area contributed by atoms with E-state index in [4.69, 9.17) is 13.9 Å². The fourth-order valence-electron chi connectivity index (χ4n) is 2.42. The molecule has 2 heterocycles. The third-order valence-corrected chi connectivity index (χ3v) is 4.86. The summed E-state index contributed by atoms with van der Waals surface area (Å²) in [5, 5.41) is 0. The van der Waals surface area contributed by atoms with Gasteiger partial charge in [0.25, 0.3) is 10.0 Å². The molecule has 0 spiro atoms. The first-order valence-corrected chi connectivity index (χ1v) is 9.11. The van der Waals surface area contributed by atoms with Gasteiger partial charge in [-0.2, -0.15) is 12.8 Å². The van der Waals surface area contributed by atoms with Crippen LogP contribution >= 0.6 is 0 Å². The summed E-state index contributed by atoms with van der Waals surface area (Å²) < 4.78 is 45.0. The van der Waals surface area contributed by atoms with Gasteiger partial charge in [-0.25, -0.2) is 4.98 Å². The number of ether oxygens (including phenoxy) is 2. The second kappa shape index (κ2) is 6.21. The molecule has 2 aromatic carbocycles. The molecule has 0 radical (unpaired) electrons. The van der Waals surface area contributed by atoms with E-state index in [0.717, 1.165) is 12.6 Å². The number of hydrogen-bond donors (Lipinski definition) is 0. The molecule has 0 fully saturated rings. The SMILES string of the molecule is O=S(=O)(/N=C\c1nc2ccccc2o1)c1ccc2c(c1)OCCCO2. The van der Waals surface area contributed by atoms with Crippen LogP contribution in [0.5, 0.6) is 11.5 Å². The standard InChI is InChI=1S/C17H14N2O5S/c20-25(21,12-6-7-15-16(10-12)23-9-3-8-22-15)18-11-17-19-13-4-1-2-5-14(13)24-17/h1-2,4-7,10-11H,3,8-9H2/b18-11-. The number of hydrogen-bond acceptors (Lipinski definition) is 6. The average Bonchev–Trinajstić information content (AvgIpc) is 2.89. The van der Waals surface area contributed by atoms with Crippen LogP contribution in [0, 0.1) is 0 Å². The van der Waals surface area contributed by atoms with Crippen molar-refractivity contribution < 1.29 is 22.3 Å². The minimum Gasteiger partial charge on any atom is -0.490 e. The summed E-state index contributed by atoms with van der Waals surface area (Å²) in [7, 11) is -3.91. The van der Waals surface area contributed by atoms with Gasteiger partial charge in [0.15, 0.2) is 17.1 Å². The number of aromatic nitrogens is 1. The van der Waals surface area contributed by atoms with Gasteiger partial charge in [-0.15, -0.1) is 0 Å². The van der Waals surface area contributed by atoms with Crippen molar-refractivity contribution in [3.05, 3.63) is 48.4 Å². The lowest BCUT2D eigenvalue weighted by Gasteiger charge is -2.08. The summed E-state index contributed by atoms with van der Waals surface area (Å²) in [6.07, 6.45) is 1.84. The van der Waals surface area contributed by atoms with Gasteiger partial charge in [0.2, 0.25) is 5.89 Å². The smallest absolute Gasteiger partial charge is 0.282 e. The first-order valence-electron chi connectivity index (χ1n) is 7.67. The van der Waals surface area contributed by atoms with E-state index < -0.39 is 10.0 Å². The Bertz CT molecular complexity index is 1020. The van der Waals surface area contributed by atoms with Crippen molar-refractivity contribution in [3.8, 4) is 11.5 Å². The van der Waals surface area contributed by atoms with E-state index >= 15 is 0 Å². The Kier molecular flexibility index (Phi) is 3.89. The van der Waals surface area contributed by atoms with Crippen molar-refractivity contribution in [1.82, 2.24) is 4.98 Å². The molecule has 128 valence electrons. The Labute approximate surface area is 144 Å². The zero-order chi connectivity index (χ0) is 17.3. The lowest BCUT2D eigenvalue weighted by atomic mass is 10.3. The van der Waals surface area contributed by atoms with Gasteiger partial charge in [0.05, 0.1) is 18.1 Å². The predicted octanol–water partition coefficient (Wildman–Crippen LogP) is 2.80. The second-order valence-corrected chi connectivity index (χ2v) is 7.02. The van der Waals surface area contributed by atoms with Crippen molar-refractivity contribution >= 4 is 27.3 Å². The number of sulfonamides is 1. The zero-order valence-electron chi connectivity index (χ0n) is 13.1. The Morgan fingerprint density at radius 1 is 1.04 bits per heavy atom. The molecule has 0 atom stereocenters. The number of nitrogens with zero attached hydrogens (tertiary/aromatic N) is 2. The van der Waals surface area contributed by atoms with Crippen LogP contribution in [-0.4, -0.2) is 32.8 Å². The molecule has 0 amide bonds. The molecule has 1 aliphatic heterocycles. The maximum absolute atomic E-state index is 12.4. The number of rotatable bonds is 3. The molecule has 0 saturated heterocycles. The van der Waals surface area contributed by atoms with E-state index in [9.17, 15) is 8.42 Å². The van der Waals surface area contributed by atoms with Gasteiger partial charge >= 0.3 is 0 Å². The van der Waals surface area contributed by atoms with Crippen LogP contribution in [-0.2, 0) is 10.0 Å². The normalized spacial score (nSPS) is 14.7. The van der Waals surface area contributed by atoms with E-state index in [2.05, 4.69) is 9.38 Å². The Morgan fingerprint density at radius 2 is 1.84 bits per heavy atom. The van der Waals surface area contributed by atoms with Gasteiger partial charge in [0.1, 0.15) is 11.7 Å². The maximum Gasteiger partial charge on any atom is 0.282 e. The minimum absolute atomic E-state index is 0.0177. The highest BCUT2D eigenvalue weighted by Crippen LogP contribution is 2.32. The fraction of sp³-hybridized carbons (Fsp3) is 0.176. The molecule has 25 heavy (non-hydrogen) atoms. The summed E-state index contributed by atoms with van der Waals surface area (Å²) in [5.41, 5.74) is 1.20. The van der Waals surface area contributed by atoms with E-state index in [-0.39, 0.29) is 10.8 Å². The largest absolute Gasteiger partial charge is 0.490 e. The van der Waals surface area contributed by atoms with Gasteiger partial charge < -0.3 is 13.9 Å². The average molecular weight is 358 g/mol. The summed E-state index contributed by atoms with van der Waals surface area (Å²) >= 11 is 0. The molecule has 0 bridgehead atoms. The van der Waals surface area contributed by atoms with Crippen LogP contribution in [0.15, 0.2) is 56.2 Å². The van der Waals surface area contributed by atoms with E-state index in [1.807, 2.05) is 12.1 Å². The molecule has 1 aromatic heterocycles. The van der Waals surface area contributed by atoms with Gasteiger partial charge in [-0.05, 0) is 24.3 Å². The van der Waals surface area contributed by atoms with Crippen LogP contribution in [0.4, 0.5) is 0 Å². The van der Waals surface area contributed by atoms with Crippen molar-refractivity contribution in [3.63, 3.8) is 0 Å². The second-order valence-electron chi connectivity index (χ2n) is 5.39.